The van der Waals surface area contributed by atoms with Crippen molar-refractivity contribution in [3.8, 4) is 5.75 Å². The molecule has 0 saturated carbocycles. The number of benzene rings is 1. The zero-order chi connectivity index (χ0) is 18.7. The summed E-state index contributed by atoms with van der Waals surface area (Å²) in [6, 6.07) is 6.69. The van der Waals surface area contributed by atoms with E-state index in [2.05, 4.69) is 10.2 Å². The summed E-state index contributed by atoms with van der Waals surface area (Å²) in [7, 11) is 1.83. The fourth-order valence-corrected chi connectivity index (χ4v) is 3.16. The quantitative estimate of drug-likeness (QED) is 0.503. The van der Waals surface area contributed by atoms with Gasteiger partial charge in [0.1, 0.15) is 18.4 Å². The zero-order valence-electron chi connectivity index (χ0n) is 14.6. The number of carbonyl (C=O) groups is 1. The maximum absolute atomic E-state index is 12.2. The van der Waals surface area contributed by atoms with E-state index in [1.807, 2.05) is 27.0 Å². The van der Waals surface area contributed by atoms with Crippen LogP contribution >= 0.6 is 11.8 Å². The van der Waals surface area contributed by atoms with Crippen molar-refractivity contribution in [1.82, 2.24) is 14.8 Å². The minimum Gasteiger partial charge on any atom is -0.464 e. The van der Waals surface area contributed by atoms with Gasteiger partial charge in [-0.1, -0.05) is 29.0 Å². The second-order valence-electron chi connectivity index (χ2n) is 5.85. The normalized spacial score (nSPS) is 10.7. The van der Waals surface area contributed by atoms with Gasteiger partial charge in [0, 0.05) is 13.1 Å². The lowest BCUT2D eigenvalue weighted by Gasteiger charge is -2.06. The molecule has 0 aliphatic heterocycles. The Hall–Kier alpha value is -2.87. The van der Waals surface area contributed by atoms with Crippen LogP contribution in [-0.4, -0.2) is 20.7 Å². The Kier molecular flexibility index (Phi) is 5.22. The average Bonchev–Trinajstić information content (AvgIpc) is 2.99. The number of aryl methyl sites for hydroxylation is 3. The molecule has 2 heterocycles. The molecule has 0 radical (unpaired) electrons. The summed E-state index contributed by atoms with van der Waals surface area (Å²) in [6.45, 7) is 3.78. The van der Waals surface area contributed by atoms with Gasteiger partial charge in [-0.3, -0.25) is 4.79 Å². The summed E-state index contributed by atoms with van der Waals surface area (Å²) >= 11 is 1.38. The van der Waals surface area contributed by atoms with Crippen LogP contribution in [0, 0.1) is 13.8 Å². The lowest BCUT2D eigenvalue weighted by atomic mass is 10.1. The van der Waals surface area contributed by atoms with Gasteiger partial charge in [-0.05, 0) is 26.0 Å². The molecule has 0 saturated heterocycles. The molecule has 26 heavy (non-hydrogen) atoms. The van der Waals surface area contributed by atoms with Crippen molar-refractivity contribution in [2.24, 2.45) is 7.05 Å². The summed E-state index contributed by atoms with van der Waals surface area (Å²) in [5.41, 5.74) is 1.87. The average molecular weight is 371 g/mol. The number of thioether (sulfide) groups is 1. The van der Waals surface area contributed by atoms with Gasteiger partial charge in [-0.2, -0.15) is 0 Å². The first-order valence-electron chi connectivity index (χ1n) is 7.81. The van der Waals surface area contributed by atoms with Gasteiger partial charge < -0.3 is 13.7 Å². The number of esters is 1. The van der Waals surface area contributed by atoms with E-state index < -0.39 is 11.4 Å². The Morgan fingerprint density at radius 2 is 1.96 bits per heavy atom. The number of carbonyl (C=O) groups excluding carboxylic acids is 1. The molecular weight excluding hydrogens is 354 g/mol. The van der Waals surface area contributed by atoms with Crippen LogP contribution < -0.4 is 10.2 Å². The molecule has 0 amide bonds. The first-order chi connectivity index (χ1) is 12.4. The number of hydrogen-bond donors (Lipinski definition) is 0. The number of ether oxygens (including phenoxy) is 1. The topological polar surface area (TPSA) is 87.2 Å². The molecular formula is C18H17N3O4S. The number of hydrogen-bond acceptors (Lipinski definition) is 7. The summed E-state index contributed by atoms with van der Waals surface area (Å²) < 4.78 is 12.4. The predicted molar refractivity (Wildman–Crippen MR) is 96.4 cm³/mol. The van der Waals surface area contributed by atoms with E-state index in [1.165, 1.54) is 17.8 Å². The molecule has 0 aliphatic rings. The molecule has 0 aliphatic carbocycles. The molecule has 0 N–H and O–H groups in total. The van der Waals surface area contributed by atoms with Crippen molar-refractivity contribution >= 4 is 17.7 Å². The number of rotatable bonds is 5. The summed E-state index contributed by atoms with van der Waals surface area (Å²) in [6.07, 6.45) is 2.75. The SMILES string of the molecule is Cc1cc(C)cc(C(=O)Oc2coc(CSc3nncn3C)cc2=O)c1. The van der Waals surface area contributed by atoms with Crippen LogP contribution in [0.15, 0.2) is 51.2 Å². The molecule has 2 aromatic heterocycles. The zero-order valence-corrected chi connectivity index (χ0v) is 15.4. The third-order valence-corrected chi connectivity index (χ3v) is 4.58. The highest BCUT2D eigenvalue weighted by Gasteiger charge is 2.14. The van der Waals surface area contributed by atoms with Crippen molar-refractivity contribution in [3.05, 3.63) is 69.5 Å². The van der Waals surface area contributed by atoms with Crippen LogP contribution in [0.25, 0.3) is 0 Å². The van der Waals surface area contributed by atoms with E-state index in [1.54, 1.807) is 23.0 Å². The fourth-order valence-electron chi connectivity index (χ4n) is 2.38. The van der Waals surface area contributed by atoms with E-state index in [4.69, 9.17) is 9.15 Å². The van der Waals surface area contributed by atoms with Gasteiger partial charge in [-0.25, -0.2) is 4.79 Å². The Morgan fingerprint density at radius 3 is 2.58 bits per heavy atom. The molecule has 7 nitrogen and oxygen atoms in total. The molecule has 8 heteroatoms. The third-order valence-electron chi connectivity index (χ3n) is 3.53. The monoisotopic (exact) mass is 371 g/mol. The van der Waals surface area contributed by atoms with Crippen molar-refractivity contribution in [2.45, 2.75) is 24.8 Å². The lowest BCUT2D eigenvalue weighted by Crippen LogP contribution is -2.15. The van der Waals surface area contributed by atoms with Crippen LogP contribution in [0.4, 0.5) is 0 Å². The van der Waals surface area contributed by atoms with E-state index in [0.29, 0.717) is 22.2 Å². The molecule has 0 atom stereocenters. The Morgan fingerprint density at radius 1 is 1.23 bits per heavy atom. The van der Waals surface area contributed by atoms with E-state index in [9.17, 15) is 9.59 Å². The number of aromatic nitrogens is 3. The van der Waals surface area contributed by atoms with Gasteiger partial charge >= 0.3 is 5.97 Å². The molecule has 0 fully saturated rings. The van der Waals surface area contributed by atoms with Gasteiger partial charge in [0.15, 0.2) is 5.16 Å². The van der Waals surface area contributed by atoms with Crippen molar-refractivity contribution < 1.29 is 13.9 Å². The van der Waals surface area contributed by atoms with Crippen molar-refractivity contribution in [1.29, 1.82) is 0 Å². The van der Waals surface area contributed by atoms with Crippen LogP contribution in [-0.2, 0) is 12.8 Å². The highest BCUT2D eigenvalue weighted by Crippen LogP contribution is 2.20. The molecule has 1 aromatic carbocycles. The Bertz CT molecular complexity index is 989. The predicted octanol–water partition coefficient (Wildman–Crippen LogP) is 2.90. The van der Waals surface area contributed by atoms with Gasteiger partial charge in [-0.15, -0.1) is 10.2 Å². The second-order valence-corrected chi connectivity index (χ2v) is 6.80. The van der Waals surface area contributed by atoms with Crippen LogP contribution in [0.5, 0.6) is 5.75 Å². The highest BCUT2D eigenvalue weighted by molar-refractivity contribution is 7.98. The maximum Gasteiger partial charge on any atom is 0.343 e. The molecule has 0 bridgehead atoms. The molecule has 134 valence electrons. The van der Waals surface area contributed by atoms with Crippen molar-refractivity contribution in [3.63, 3.8) is 0 Å². The van der Waals surface area contributed by atoms with Gasteiger partial charge in [0.2, 0.25) is 11.2 Å². The molecule has 0 unspecified atom stereocenters. The van der Waals surface area contributed by atoms with E-state index in [0.717, 1.165) is 17.4 Å². The first kappa shape index (κ1) is 17.9. The van der Waals surface area contributed by atoms with Crippen LogP contribution in [0.1, 0.15) is 27.2 Å². The summed E-state index contributed by atoms with van der Waals surface area (Å²) in [5, 5.41) is 8.43. The second kappa shape index (κ2) is 7.57. The van der Waals surface area contributed by atoms with E-state index >= 15 is 0 Å². The summed E-state index contributed by atoms with van der Waals surface area (Å²) in [5.74, 6) is 0.133. The smallest absolute Gasteiger partial charge is 0.343 e. The largest absolute Gasteiger partial charge is 0.464 e. The Labute approximate surface area is 154 Å². The summed E-state index contributed by atoms with van der Waals surface area (Å²) in [4.78, 5) is 24.4. The Balaban J connectivity index is 1.70. The maximum atomic E-state index is 12.2. The van der Waals surface area contributed by atoms with E-state index in [-0.39, 0.29) is 5.75 Å². The number of nitrogens with zero attached hydrogens (tertiary/aromatic N) is 3. The van der Waals surface area contributed by atoms with Gasteiger partial charge in [0.25, 0.3) is 0 Å². The van der Waals surface area contributed by atoms with Crippen LogP contribution in [0.3, 0.4) is 0 Å². The standard InChI is InChI=1S/C18H17N3O4S/c1-11-4-12(2)6-13(5-11)17(23)25-16-8-24-14(7-15(16)22)9-26-18-20-19-10-21(18)3/h4-8,10H,9H2,1-3H3. The fraction of sp³-hybridized carbons (Fsp3) is 0.222. The van der Waals surface area contributed by atoms with Gasteiger partial charge in [0.05, 0.1) is 11.3 Å². The highest BCUT2D eigenvalue weighted by atomic mass is 32.2. The molecule has 3 aromatic rings. The van der Waals surface area contributed by atoms with Crippen LogP contribution in [0.2, 0.25) is 0 Å². The molecule has 3 rings (SSSR count). The minimum absolute atomic E-state index is 0.137. The molecule has 0 spiro atoms. The minimum atomic E-state index is -0.592. The lowest BCUT2D eigenvalue weighted by molar-refractivity contribution is 0.0728. The first-order valence-corrected chi connectivity index (χ1v) is 8.80. The third kappa shape index (κ3) is 4.20. The van der Waals surface area contributed by atoms with Crippen molar-refractivity contribution in [2.75, 3.05) is 0 Å².